The number of benzene rings is 1. The van der Waals surface area contributed by atoms with Gasteiger partial charge < -0.3 is 14.3 Å². The molecule has 2 rings (SSSR count). The molecule has 1 aliphatic heterocycles. The van der Waals surface area contributed by atoms with Crippen molar-refractivity contribution in [2.75, 3.05) is 0 Å². The normalized spacial score (nSPS) is 21.1. The Bertz CT molecular complexity index is 985. The van der Waals surface area contributed by atoms with Crippen LogP contribution in [0.4, 0.5) is 0 Å². The van der Waals surface area contributed by atoms with E-state index in [-0.39, 0.29) is 29.6 Å². The maximum absolute atomic E-state index is 13.2. The van der Waals surface area contributed by atoms with Gasteiger partial charge in [-0.2, -0.15) is 0 Å². The summed E-state index contributed by atoms with van der Waals surface area (Å²) in [5, 5.41) is 9.45. The smallest absolute Gasteiger partial charge is 0.192 e. The van der Waals surface area contributed by atoms with Crippen molar-refractivity contribution in [1.29, 1.82) is 0 Å². The van der Waals surface area contributed by atoms with Gasteiger partial charge in [0, 0.05) is 12.5 Å². The molecule has 1 saturated heterocycles. The quantitative estimate of drug-likeness (QED) is 0.156. The molecule has 5 atom stereocenters. The molecule has 1 N–H and O–H groups in total. The lowest BCUT2D eigenvalue weighted by molar-refractivity contribution is 0.0282. The van der Waals surface area contributed by atoms with Crippen LogP contribution in [0, 0.1) is 0 Å². The van der Waals surface area contributed by atoms with Crippen molar-refractivity contribution in [1.82, 2.24) is 0 Å². The van der Waals surface area contributed by atoms with Gasteiger partial charge in [0.05, 0.1) is 28.5 Å². The Morgan fingerprint density at radius 3 is 2.36 bits per heavy atom. The molecule has 0 bridgehead atoms. The van der Waals surface area contributed by atoms with Crippen LogP contribution in [0.25, 0.3) is 0 Å². The molecule has 0 saturated carbocycles. The van der Waals surface area contributed by atoms with Crippen molar-refractivity contribution in [2.45, 2.75) is 119 Å². The predicted octanol–water partition coefficient (Wildman–Crippen LogP) is 6.61. The molecule has 202 valence electrons. The van der Waals surface area contributed by atoms with Gasteiger partial charge in [-0.15, -0.1) is 5.73 Å². The molecule has 5 nitrogen and oxygen atoms in total. The van der Waals surface area contributed by atoms with Crippen LogP contribution in [0.1, 0.15) is 66.7 Å². The van der Waals surface area contributed by atoms with Gasteiger partial charge in [0.15, 0.2) is 18.2 Å². The molecule has 1 aromatic carbocycles. The van der Waals surface area contributed by atoms with Gasteiger partial charge in [-0.3, -0.25) is 0 Å². The van der Waals surface area contributed by atoms with Crippen molar-refractivity contribution in [2.24, 2.45) is 0 Å². The van der Waals surface area contributed by atoms with E-state index in [1.54, 1.807) is 30.3 Å². The summed E-state index contributed by atoms with van der Waals surface area (Å²) < 4.78 is 39.6. The highest BCUT2D eigenvalue weighted by Crippen LogP contribution is 2.35. The Kier molecular flexibility index (Phi) is 11.9. The number of rotatable bonds is 15. The number of aliphatic hydroxyl groups is 1. The van der Waals surface area contributed by atoms with Crippen molar-refractivity contribution < 1.29 is 22.7 Å². The number of hydrogen-bond donors (Lipinski definition) is 1. The van der Waals surface area contributed by atoms with E-state index in [0.717, 1.165) is 48.5 Å². The maximum Gasteiger partial charge on any atom is 0.192 e. The van der Waals surface area contributed by atoms with Crippen LogP contribution >= 0.6 is 0 Å². The van der Waals surface area contributed by atoms with E-state index < -0.39 is 29.5 Å². The molecule has 0 amide bonds. The summed E-state index contributed by atoms with van der Waals surface area (Å²) >= 11 is 0. The summed E-state index contributed by atoms with van der Waals surface area (Å²) in [5.74, 6) is 0. The highest BCUT2D eigenvalue weighted by molar-refractivity contribution is 7.92. The van der Waals surface area contributed by atoms with Gasteiger partial charge in [0.25, 0.3) is 0 Å². The van der Waals surface area contributed by atoms with Crippen LogP contribution in [0.15, 0.2) is 65.3 Å². The highest BCUT2D eigenvalue weighted by Gasteiger charge is 2.38. The molecule has 7 heteroatoms. The van der Waals surface area contributed by atoms with E-state index in [2.05, 4.69) is 39.7 Å². The molecule has 0 spiro atoms. The number of hydrogen-bond acceptors (Lipinski definition) is 5. The van der Waals surface area contributed by atoms with Gasteiger partial charge in [0.2, 0.25) is 0 Å². The first kappa shape index (κ1) is 30.7. The third kappa shape index (κ3) is 8.01. The van der Waals surface area contributed by atoms with E-state index in [1.807, 2.05) is 6.92 Å². The molecule has 0 aliphatic carbocycles. The maximum atomic E-state index is 13.2. The molecule has 0 radical (unpaired) electrons. The first-order valence-electron chi connectivity index (χ1n) is 13.3. The largest absolute Gasteiger partial charge is 0.414 e. The fourth-order valence-corrected chi connectivity index (χ4v) is 9.93. The summed E-state index contributed by atoms with van der Waals surface area (Å²) in [4.78, 5) is 0.227. The van der Waals surface area contributed by atoms with E-state index in [0.29, 0.717) is 6.42 Å². The second-order valence-electron chi connectivity index (χ2n) is 10.2. The van der Waals surface area contributed by atoms with Gasteiger partial charge in [0.1, 0.15) is 0 Å². The third-order valence-electron chi connectivity index (χ3n) is 7.74. The minimum absolute atomic E-state index is 0.0879. The predicted molar refractivity (Wildman–Crippen MR) is 150 cm³/mol. The SMILES string of the molecule is C=C=C(C)C[C@H](CC[C@@H]1O[C@@H](CC(C(C)O)S(=O)(=O)c2ccccc2)CC1=C)O[Si](CC)(CC)CC. The van der Waals surface area contributed by atoms with Crippen LogP contribution in [-0.2, 0) is 19.0 Å². The van der Waals surface area contributed by atoms with Crippen molar-refractivity contribution in [3.63, 3.8) is 0 Å². The molecular formula is C29H46O5SSi. The van der Waals surface area contributed by atoms with Crippen molar-refractivity contribution >= 4 is 18.2 Å². The Morgan fingerprint density at radius 1 is 1.22 bits per heavy atom. The Hall–Kier alpha value is -1.47. The van der Waals surface area contributed by atoms with Crippen LogP contribution in [-0.4, -0.2) is 51.5 Å². The molecule has 36 heavy (non-hydrogen) atoms. The molecule has 2 unspecified atom stereocenters. The number of ether oxygens (including phenoxy) is 1. The topological polar surface area (TPSA) is 72.8 Å². The number of aliphatic hydroxyl groups excluding tert-OH is 1. The Labute approximate surface area is 220 Å². The minimum Gasteiger partial charge on any atom is -0.414 e. The van der Waals surface area contributed by atoms with E-state index in [9.17, 15) is 13.5 Å². The Balaban J connectivity index is 2.09. The summed E-state index contributed by atoms with van der Waals surface area (Å²) in [6, 6.07) is 11.6. The van der Waals surface area contributed by atoms with Crippen molar-refractivity contribution in [3.05, 3.63) is 60.4 Å². The van der Waals surface area contributed by atoms with Gasteiger partial charge >= 0.3 is 0 Å². The van der Waals surface area contributed by atoms with Crippen LogP contribution < -0.4 is 0 Å². The van der Waals surface area contributed by atoms with E-state index >= 15 is 0 Å². The summed E-state index contributed by atoms with van der Waals surface area (Å²) in [6.45, 7) is 18.3. The monoisotopic (exact) mass is 534 g/mol. The van der Waals surface area contributed by atoms with Crippen LogP contribution in [0.3, 0.4) is 0 Å². The molecule has 0 aromatic heterocycles. The molecule has 1 heterocycles. The first-order chi connectivity index (χ1) is 17.0. The zero-order chi connectivity index (χ0) is 26.9. The molecule has 1 fully saturated rings. The number of sulfone groups is 1. The average molecular weight is 535 g/mol. The minimum atomic E-state index is -3.68. The van der Waals surface area contributed by atoms with E-state index in [1.165, 1.54) is 6.92 Å². The standard InChI is InChI=1S/C29H46O5SSi/c1-8-22(5)19-25(34-36(9-2,10-3)11-4)17-18-28-23(6)20-26(33-28)21-29(24(7)30)35(31,32)27-15-13-12-14-16-27/h12-16,24-26,28-30H,1,6,9-11,17-21H2,2-5,7H3/t24?,25-,26+,28-,29?/m0/s1. The second kappa shape index (κ2) is 13.9. The molecular weight excluding hydrogens is 488 g/mol. The average Bonchev–Trinajstić information content (AvgIpc) is 3.23. The first-order valence-corrected chi connectivity index (χ1v) is 17.4. The fourth-order valence-electron chi connectivity index (χ4n) is 5.15. The second-order valence-corrected chi connectivity index (χ2v) is 17.1. The molecule has 1 aliphatic rings. The zero-order valence-corrected chi connectivity index (χ0v) is 24.6. The van der Waals surface area contributed by atoms with Crippen LogP contribution in [0.5, 0.6) is 0 Å². The molecule has 1 aromatic rings. The van der Waals surface area contributed by atoms with Gasteiger partial charge in [-0.05, 0) is 80.9 Å². The van der Waals surface area contributed by atoms with Gasteiger partial charge in [-0.1, -0.05) is 52.1 Å². The Morgan fingerprint density at radius 2 is 1.83 bits per heavy atom. The lowest BCUT2D eigenvalue weighted by Gasteiger charge is -2.34. The van der Waals surface area contributed by atoms with Crippen LogP contribution in [0.2, 0.25) is 18.1 Å². The zero-order valence-electron chi connectivity index (χ0n) is 22.8. The lowest BCUT2D eigenvalue weighted by atomic mass is 9.99. The van der Waals surface area contributed by atoms with Gasteiger partial charge in [-0.25, -0.2) is 8.42 Å². The lowest BCUT2D eigenvalue weighted by Crippen LogP contribution is -2.40. The third-order valence-corrected chi connectivity index (χ3v) is 14.8. The fraction of sp³-hybridized carbons (Fsp3) is 0.621. The van der Waals surface area contributed by atoms with Crippen molar-refractivity contribution in [3.8, 4) is 0 Å². The summed E-state index contributed by atoms with van der Waals surface area (Å²) in [6.07, 6.45) is 1.92. The summed E-state index contributed by atoms with van der Waals surface area (Å²) in [5.41, 5.74) is 5.10. The van der Waals surface area contributed by atoms with E-state index in [4.69, 9.17) is 9.16 Å². The summed E-state index contributed by atoms with van der Waals surface area (Å²) in [7, 11) is -5.46. The highest BCUT2D eigenvalue weighted by atomic mass is 32.2.